The minimum absolute atomic E-state index is 0. The summed E-state index contributed by atoms with van der Waals surface area (Å²) in [6.07, 6.45) is 0. The molecule has 6 aromatic carbocycles. The third kappa shape index (κ3) is 14.9. The van der Waals surface area contributed by atoms with Crippen LogP contribution in [0.5, 0.6) is 0 Å². The van der Waals surface area contributed by atoms with E-state index in [4.69, 9.17) is 0 Å². The Morgan fingerprint density at radius 3 is 0.553 bits per heavy atom. The standard InChI is InChI=1S/2C18H15P.2C2H4OS.Pd/c2*1-4-10-16(11-5-1)19(17-12-6-2-7-13-17)18-14-8-3-9-15-18;2*1-2(3)4;/h2*1-15H;2*1H3,(H,3,4);/q;;;;+2. The van der Waals surface area contributed by atoms with E-state index >= 15 is 0 Å². The van der Waals surface area contributed by atoms with Crippen LogP contribution in [0.3, 0.4) is 0 Å². The van der Waals surface area contributed by atoms with Crippen LogP contribution >= 0.6 is 15.8 Å². The van der Waals surface area contributed by atoms with Crippen LogP contribution in [0.25, 0.3) is 0 Å². The summed E-state index contributed by atoms with van der Waals surface area (Å²) in [6, 6.07) is 65.0. The molecule has 2 nitrogen and oxygen atoms in total. The molecule has 0 spiro atoms. The predicted molar refractivity (Wildman–Crippen MR) is 209 cm³/mol. The first-order chi connectivity index (χ1) is 22.4. The van der Waals surface area contributed by atoms with Gasteiger partial charge in [-0.3, -0.25) is 0 Å². The summed E-state index contributed by atoms with van der Waals surface area (Å²) in [6.45, 7) is 2.69. The number of hydrogen-bond acceptors (Lipinski definition) is 4. The molecular weight excluding hydrogens is 745 g/mol. The molecule has 0 bridgehead atoms. The molecule has 0 aliphatic carbocycles. The van der Waals surface area contributed by atoms with Gasteiger partial charge >= 0.3 is 20.4 Å². The molecular formula is C40H38O2P2PdS2+2. The first kappa shape index (κ1) is 39.8. The van der Waals surface area contributed by atoms with Crippen molar-refractivity contribution >= 4 is 83.2 Å². The van der Waals surface area contributed by atoms with Crippen molar-refractivity contribution in [1.29, 1.82) is 0 Å². The fraction of sp³-hybridized carbons (Fsp3) is 0.0500. The van der Waals surface area contributed by atoms with Crippen molar-refractivity contribution in [2.45, 2.75) is 13.8 Å². The molecule has 0 radical (unpaired) electrons. The van der Waals surface area contributed by atoms with E-state index in [0.29, 0.717) is 0 Å². The summed E-state index contributed by atoms with van der Waals surface area (Å²) in [7, 11) is -1.75. The van der Waals surface area contributed by atoms with Gasteiger partial charge in [0.2, 0.25) is 0 Å². The average molecular weight is 783 g/mol. The Kier molecular flexibility index (Phi) is 19.5. The van der Waals surface area contributed by atoms with E-state index in [9.17, 15) is 9.59 Å². The number of hydrogen-bond donors (Lipinski definition) is 0. The van der Waals surface area contributed by atoms with Gasteiger partial charge in [-0.1, -0.05) is 109 Å². The van der Waals surface area contributed by atoms with E-state index in [-0.39, 0.29) is 30.7 Å². The van der Waals surface area contributed by atoms with Crippen molar-refractivity contribution < 1.29 is 30.0 Å². The van der Waals surface area contributed by atoms with Crippen LogP contribution in [0.2, 0.25) is 0 Å². The molecule has 47 heavy (non-hydrogen) atoms. The van der Waals surface area contributed by atoms with Crippen LogP contribution in [0.4, 0.5) is 0 Å². The van der Waals surface area contributed by atoms with Crippen molar-refractivity contribution in [1.82, 2.24) is 0 Å². The molecule has 0 aromatic heterocycles. The van der Waals surface area contributed by atoms with Gasteiger partial charge in [0.05, 0.1) is 15.8 Å². The van der Waals surface area contributed by atoms with E-state index < -0.39 is 15.8 Å². The normalized spacial score (nSPS) is 9.62. The van der Waals surface area contributed by atoms with Gasteiger partial charge in [0.25, 0.3) is 0 Å². The summed E-state index contributed by atoms with van der Waals surface area (Å²) in [5.41, 5.74) is 0. The molecule has 0 aliphatic rings. The van der Waals surface area contributed by atoms with E-state index in [1.54, 1.807) is 0 Å². The smallest absolute Gasteiger partial charge is 0.742 e. The van der Waals surface area contributed by atoms with E-state index in [0.717, 1.165) is 0 Å². The summed E-state index contributed by atoms with van der Waals surface area (Å²) in [5, 5.41) is 8.11. The zero-order chi connectivity index (χ0) is 33.0. The first-order valence-corrected chi connectivity index (χ1v) is 18.6. The van der Waals surface area contributed by atoms with Crippen LogP contribution in [0, 0.1) is 0 Å². The molecule has 0 saturated heterocycles. The van der Waals surface area contributed by atoms with Crippen molar-refractivity contribution in [3.63, 3.8) is 0 Å². The Hall–Kier alpha value is -3.38. The molecule has 0 heterocycles. The predicted octanol–water partition coefficient (Wildman–Crippen LogP) is 6.51. The molecule has 0 unspecified atom stereocenters. The Morgan fingerprint density at radius 2 is 0.447 bits per heavy atom. The summed E-state index contributed by atoms with van der Waals surface area (Å²) >= 11 is 7.96. The van der Waals surface area contributed by atoms with Gasteiger partial charge in [0, 0.05) is 10.2 Å². The van der Waals surface area contributed by atoms with Gasteiger partial charge in [-0.2, -0.15) is 0 Å². The Balaban J connectivity index is 0.000000262. The van der Waals surface area contributed by atoms with Crippen LogP contribution in [-0.4, -0.2) is 10.2 Å². The number of carbonyl (C=O) groups excluding carboxylic acids is 2. The van der Waals surface area contributed by atoms with Crippen molar-refractivity contribution in [2.75, 3.05) is 0 Å². The Labute approximate surface area is 307 Å². The SMILES string of the molecule is CC(=O)[S-].CC(=O)[S-].[Pd+2].c1ccc([PH+](c2ccccc2)c2ccccc2)cc1.c1ccc([PH+](c2ccccc2)c2ccccc2)cc1. The number of rotatable bonds is 6. The maximum Gasteiger partial charge on any atom is 2.00 e. The van der Waals surface area contributed by atoms with Gasteiger partial charge < -0.3 is 34.8 Å². The van der Waals surface area contributed by atoms with Gasteiger partial charge in [-0.25, -0.2) is 0 Å². The topological polar surface area (TPSA) is 34.1 Å². The maximum absolute atomic E-state index is 9.26. The minimum atomic E-state index is -0.877. The third-order valence-corrected chi connectivity index (χ3v) is 11.8. The van der Waals surface area contributed by atoms with E-state index in [1.165, 1.54) is 45.7 Å². The largest absolute Gasteiger partial charge is 2.00 e. The fourth-order valence-electron chi connectivity index (χ4n) is 4.63. The minimum Gasteiger partial charge on any atom is -0.742 e. The first-order valence-electron chi connectivity index (χ1n) is 14.8. The van der Waals surface area contributed by atoms with E-state index in [2.05, 4.69) is 207 Å². The number of benzene rings is 6. The summed E-state index contributed by atoms with van der Waals surface area (Å²) in [4.78, 5) is 18.5. The zero-order valence-electron chi connectivity index (χ0n) is 26.3. The van der Waals surface area contributed by atoms with Gasteiger partial charge in [-0.05, 0) is 86.6 Å². The summed E-state index contributed by atoms with van der Waals surface area (Å²) < 4.78 is 0. The van der Waals surface area contributed by atoms with Crippen molar-refractivity contribution in [3.05, 3.63) is 182 Å². The average Bonchev–Trinajstić information content (AvgIpc) is 3.08. The monoisotopic (exact) mass is 782 g/mol. The Morgan fingerprint density at radius 1 is 0.340 bits per heavy atom. The van der Waals surface area contributed by atoms with Crippen LogP contribution in [-0.2, 0) is 55.3 Å². The quantitative estimate of drug-likeness (QED) is 0.110. The summed E-state index contributed by atoms with van der Waals surface area (Å²) in [5.74, 6) is 0. The second kappa shape index (κ2) is 23.0. The third-order valence-electron chi connectivity index (χ3n) is 6.37. The molecule has 0 fully saturated rings. The molecule has 0 N–H and O–H groups in total. The second-order valence-electron chi connectivity index (χ2n) is 9.93. The second-order valence-corrected chi connectivity index (χ2v) is 16.0. The molecule has 240 valence electrons. The van der Waals surface area contributed by atoms with Gasteiger partial charge in [0.1, 0.15) is 31.8 Å². The molecule has 0 saturated carbocycles. The zero-order valence-corrected chi connectivity index (χ0v) is 31.5. The molecule has 6 aromatic rings. The Bertz CT molecular complexity index is 1370. The number of carbonyl (C=O) groups is 2. The van der Waals surface area contributed by atoms with Crippen LogP contribution < -0.4 is 31.8 Å². The van der Waals surface area contributed by atoms with Gasteiger partial charge in [-0.15, -0.1) is 0 Å². The van der Waals surface area contributed by atoms with Gasteiger partial charge in [0.15, 0.2) is 0 Å². The van der Waals surface area contributed by atoms with Crippen LogP contribution in [0.15, 0.2) is 182 Å². The molecule has 0 amide bonds. The van der Waals surface area contributed by atoms with Crippen molar-refractivity contribution in [3.8, 4) is 0 Å². The maximum atomic E-state index is 9.26. The molecule has 0 aliphatic heterocycles. The molecule has 7 heteroatoms. The molecule has 0 atom stereocenters. The fourth-order valence-corrected chi connectivity index (χ4v) is 9.78. The molecule has 6 rings (SSSR count). The van der Waals surface area contributed by atoms with Crippen LogP contribution in [0.1, 0.15) is 13.8 Å². The van der Waals surface area contributed by atoms with E-state index in [1.807, 2.05) is 0 Å². The van der Waals surface area contributed by atoms with Crippen molar-refractivity contribution in [2.24, 2.45) is 0 Å².